The Labute approximate surface area is 181 Å². The smallest absolute Gasteiger partial charge is 0.326 e. The van der Waals surface area contributed by atoms with Gasteiger partial charge in [-0.15, -0.1) is 0 Å². The molecule has 0 radical (unpaired) electrons. The number of aryl methyl sites for hydroxylation is 1. The van der Waals surface area contributed by atoms with Crippen LogP contribution in [0.4, 0.5) is 5.69 Å². The summed E-state index contributed by atoms with van der Waals surface area (Å²) in [4.78, 5) is 36.8. The number of esters is 1. The van der Waals surface area contributed by atoms with Crippen molar-refractivity contribution in [2.24, 2.45) is 0 Å². The van der Waals surface area contributed by atoms with Crippen LogP contribution >= 0.6 is 0 Å². The molecule has 0 saturated heterocycles. The van der Waals surface area contributed by atoms with Gasteiger partial charge in [-0.1, -0.05) is 66.2 Å². The molecule has 1 atom stereocenters. The molecule has 0 aromatic heterocycles. The summed E-state index contributed by atoms with van der Waals surface area (Å²) < 4.78 is 5.17. The number of benzene rings is 3. The van der Waals surface area contributed by atoms with E-state index in [-0.39, 0.29) is 12.5 Å². The van der Waals surface area contributed by atoms with Crippen molar-refractivity contribution >= 4 is 23.5 Å². The van der Waals surface area contributed by atoms with Gasteiger partial charge in [0.05, 0.1) is 0 Å². The van der Waals surface area contributed by atoms with Gasteiger partial charge in [0.1, 0.15) is 6.54 Å². The van der Waals surface area contributed by atoms with Gasteiger partial charge in [-0.05, 0) is 37.6 Å². The number of hydrogen-bond donors (Lipinski definition) is 2. The second-order valence-electron chi connectivity index (χ2n) is 7.09. The third-order valence-corrected chi connectivity index (χ3v) is 4.62. The van der Waals surface area contributed by atoms with Crippen LogP contribution in [0.2, 0.25) is 0 Å². The Kier molecular flexibility index (Phi) is 7.17. The molecule has 0 fully saturated rings. The summed E-state index contributed by atoms with van der Waals surface area (Å²) in [6.07, 6.45) is -1.02. The van der Waals surface area contributed by atoms with Crippen molar-refractivity contribution in [3.63, 3.8) is 0 Å². The normalized spacial score (nSPS) is 11.3. The molecule has 0 aliphatic heterocycles. The number of hydrogen-bond acceptors (Lipinski definition) is 4. The first-order valence-electron chi connectivity index (χ1n) is 9.93. The fourth-order valence-electron chi connectivity index (χ4n) is 3.03. The molecule has 0 aliphatic carbocycles. The highest BCUT2D eigenvalue weighted by molar-refractivity contribution is 5.99. The summed E-state index contributed by atoms with van der Waals surface area (Å²) in [7, 11) is 0. The van der Waals surface area contributed by atoms with Gasteiger partial charge >= 0.3 is 5.97 Å². The lowest BCUT2D eigenvalue weighted by atomic mass is 10.0. The number of anilines is 1. The molecule has 158 valence electrons. The van der Waals surface area contributed by atoms with Crippen LogP contribution < -0.4 is 10.6 Å². The molecule has 2 N–H and O–H groups in total. The number of amides is 2. The van der Waals surface area contributed by atoms with Gasteiger partial charge < -0.3 is 15.4 Å². The first-order chi connectivity index (χ1) is 14.9. The predicted molar refractivity (Wildman–Crippen MR) is 120 cm³/mol. The average Bonchev–Trinajstić information content (AvgIpc) is 2.78. The Morgan fingerprint density at radius 3 is 2.35 bits per heavy atom. The van der Waals surface area contributed by atoms with Crippen molar-refractivity contribution in [1.82, 2.24) is 5.32 Å². The van der Waals surface area contributed by atoms with Crippen molar-refractivity contribution in [2.75, 3.05) is 11.9 Å². The molecular weight excluding hydrogens is 392 g/mol. The second kappa shape index (κ2) is 10.2. The summed E-state index contributed by atoms with van der Waals surface area (Å²) in [6.45, 7) is 3.03. The van der Waals surface area contributed by atoms with Gasteiger partial charge in [-0.3, -0.25) is 14.4 Å². The van der Waals surface area contributed by atoms with E-state index in [0.717, 1.165) is 16.7 Å². The summed E-state index contributed by atoms with van der Waals surface area (Å²) in [5.74, 6) is -1.53. The van der Waals surface area contributed by atoms with E-state index in [1.165, 1.54) is 6.92 Å². The van der Waals surface area contributed by atoms with Crippen molar-refractivity contribution in [3.8, 4) is 11.1 Å². The first-order valence-corrected chi connectivity index (χ1v) is 9.93. The minimum absolute atomic E-state index is 0.328. The lowest BCUT2D eigenvalue weighted by Crippen LogP contribution is -2.35. The summed E-state index contributed by atoms with van der Waals surface area (Å²) in [5.41, 5.74) is 3.84. The summed E-state index contributed by atoms with van der Waals surface area (Å²) in [6, 6.07) is 24.1. The molecule has 0 heterocycles. The Morgan fingerprint density at radius 1 is 0.903 bits per heavy atom. The molecule has 3 aromatic rings. The van der Waals surface area contributed by atoms with E-state index in [1.807, 2.05) is 61.5 Å². The number of carbonyl (C=O) groups excluding carboxylic acids is 3. The Morgan fingerprint density at radius 2 is 1.61 bits per heavy atom. The molecule has 3 aromatic carbocycles. The highest BCUT2D eigenvalue weighted by Crippen LogP contribution is 2.27. The molecular formula is C25H24N2O4. The molecule has 0 unspecified atom stereocenters. The lowest BCUT2D eigenvalue weighted by molar-refractivity contribution is -0.152. The zero-order chi connectivity index (χ0) is 22.2. The van der Waals surface area contributed by atoms with E-state index in [9.17, 15) is 14.4 Å². The van der Waals surface area contributed by atoms with Crippen LogP contribution in [0.1, 0.15) is 22.8 Å². The topological polar surface area (TPSA) is 84.5 Å². The molecule has 0 aliphatic rings. The molecule has 6 heteroatoms. The number of carbonyl (C=O) groups is 3. The minimum atomic E-state index is -1.02. The molecule has 0 spiro atoms. The van der Waals surface area contributed by atoms with Crippen LogP contribution in [0, 0.1) is 6.92 Å². The van der Waals surface area contributed by atoms with Gasteiger partial charge in [-0.25, -0.2) is 0 Å². The zero-order valence-corrected chi connectivity index (χ0v) is 17.4. The SMILES string of the molecule is Cc1cccc(C(=O)NCC(=O)O[C@H](C)C(=O)Nc2ccccc2-c2ccccc2)c1. The van der Waals surface area contributed by atoms with Crippen LogP contribution in [0.15, 0.2) is 78.9 Å². The standard InChI is InChI=1S/C25H24N2O4/c1-17-9-8-12-20(15-17)25(30)26-16-23(28)31-18(2)24(29)27-22-14-7-6-13-21(22)19-10-4-3-5-11-19/h3-15,18H,16H2,1-2H3,(H,26,30)(H,27,29)/t18-/m1/s1. The Balaban J connectivity index is 1.55. The number of para-hydroxylation sites is 1. The molecule has 3 rings (SSSR count). The van der Waals surface area contributed by atoms with Crippen molar-refractivity contribution in [2.45, 2.75) is 20.0 Å². The number of rotatable bonds is 7. The van der Waals surface area contributed by atoms with E-state index in [2.05, 4.69) is 10.6 Å². The predicted octanol–water partition coefficient (Wildman–Crippen LogP) is 3.96. The first kappa shape index (κ1) is 21.8. The fraction of sp³-hybridized carbons (Fsp3) is 0.160. The third kappa shape index (κ3) is 6.02. The number of nitrogens with one attached hydrogen (secondary N) is 2. The lowest BCUT2D eigenvalue weighted by Gasteiger charge is -2.16. The van der Waals surface area contributed by atoms with Crippen molar-refractivity contribution in [1.29, 1.82) is 0 Å². The van der Waals surface area contributed by atoms with E-state index in [0.29, 0.717) is 11.3 Å². The second-order valence-corrected chi connectivity index (χ2v) is 7.09. The third-order valence-electron chi connectivity index (χ3n) is 4.62. The number of ether oxygens (including phenoxy) is 1. The molecule has 31 heavy (non-hydrogen) atoms. The van der Waals surface area contributed by atoms with E-state index in [1.54, 1.807) is 24.3 Å². The Hall–Kier alpha value is -3.93. The van der Waals surface area contributed by atoms with Gasteiger partial charge in [0.25, 0.3) is 11.8 Å². The molecule has 2 amide bonds. The quantitative estimate of drug-likeness (QED) is 0.571. The van der Waals surface area contributed by atoms with Crippen LogP contribution in [-0.4, -0.2) is 30.4 Å². The zero-order valence-electron chi connectivity index (χ0n) is 17.4. The van der Waals surface area contributed by atoms with Gasteiger partial charge in [0.15, 0.2) is 6.10 Å². The molecule has 6 nitrogen and oxygen atoms in total. The van der Waals surface area contributed by atoms with Crippen molar-refractivity contribution in [3.05, 3.63) is 90.0 Å². The monoisotopic (exact) mass is 416 g/mol. The van der Waals surface area contributed by atoms with E-state index < -0.39 is 18.0 Å². The van der Waals surface area contributed by atoms with E-state index in [4.69, 9.17) is 4.74 Å². The minimum Gasteiger partial charge on any atom is -0.451 e. The Bertz CT molecular complexity index is 1080. The van der Waals surface area contributed by atoms with Crippen LogP contribution in [0.5, 0.6) is 0 Å². The fourth-order valence-corrected chi connectivity index (χ4v) is 3.03. The van der Waals surface area contributed by atoms with Crippen LogP contribution in [0.3, 0.4) is 0 Å². The van der Waals surface area contributed by atoms with Crippen molar-refractivity contribution < 1.29 is 19.1 Å². The maximum Gasteiger partial charge on any atom is 0.326 e. The van der Waals surface area contributed by atoms with Crippen LogP contribution in [0.25, 0.3) is 11.1 Å². The van der Waals surface area contributed by atoms with Gasteiger partial charge in [-0.2, -0.15) is 0 Å². The van der Waals surface area contributed by atoms with E-state index >= 15 is 0 Å². The largest absolute Gasteiger partial charge is 0.451 e. The summed E-state index contributed by atoms with van der Waals surface area (Å²) >= 11 is 0. The average molecular weight is 416 g/mol. The van der Waals surface area contributed by atoms with Gasteiger partial charge in [0, 0.05) is 16.8 Å². The highest BCUT2D eigenvalue weighted by Gasteiger charge is 2.19. The molecule has 0 bridgehead atoms. The highest BCUT2D eigenvalue weighted by atomic mass is 16.5. The molecule has 0 saturated carbocycles. The maximum atomic E-state index is 12.6. The summed E-state index contributed by atoms with van der Waals surface area (Å²) in [5, 5.41) is 5.31. The van der Waals surface area contributed by atoms with Crippen LogP contribution in [-0.2, 0) is 14.3 Å². The maximum absolute atomic E-state index is 12.6. The van der Waals surface area contributed by atoms with Gasteiger partial charge in [0.2, 0.25) is 0 Å².